The van der Waals surface area contributed by atoms with Gasteiger partial charge in [-0.1, -0.05) is 43.5 Å². The van der Waals surface area contributed by atoms with Crippen molar-refractivity contribution in [1.82, 2.24) is 14.7 Å². The summed E-state index contributed by atoms with van der Waals surface area (Å²) in [5.41, 5.74) is 3.42. The van der Waals surface area contributed by atoms with Gasteiger partial charge in [0.2, 0.25) is 0 Å². The molecule has 0 radical (unpaired) electrons. The highest BCUT2D eigenvalue weighted by Crippen LogP contribution is 2.36. The van der Waals surface area contributed by atoms with Crippen molar-refractivity contribution >= 4 is 17.5 Å². The van der Waals surface area contributed by atoms with Crippen LogP contribution in [0.25, 0.3) is 5.65 Å². The number of nitrogens with one attached hydrogen (secondary N) is 1. The van der Waals surface area contributed by atoms with Crippen molar-refractivity contribution in [3.63, 3.8) is 0 Å². The molecule has 0 unspecified atom stereocenters. The highest BCUT2D eigenvalue weighted by atomic mass is 16.5. The number of amides is 1. The Bertz CT molecular complexity index is 1200. The zero-order valence-electron chi connectivity index (χ0n) is 18.8. The van der Waals surface area contributed by atoms with Gasteiger partial charge in [-0.3, -0.25) is 14.0 Å². The first-order valence-electron chi connectivity index (χ1n) is 11.7. The van der Waals surface area contributed by atoms with Crippen LogP contribution in [0, 0.1) is 18.8 Å². The summed E-state index contributed by atoms with van der Waals surface area (Å²) in [5, 5.41) is 12.7. The van der Waals surface area contributed by atoms with Crippen molar-refractivity contribution in [3.05, 3.63) is 65.1 Å². The van der Waals surface area contributed by atoms with Crippen molar-refractivity contribution in [1.29, 1.82) is 0 Å². The largest absolute Gasteiger partial charge is 0.489 e. The summed E-state index contributed by atoms with van der Waals surface area (Å²) in [7, 11) is 0. The van der Waals surface area contributed by atoms with Crippen molar-refractivity contribution in [3.8, 4) is 5.75 Å². The number of carboxylic acids is 1. The molecule has 1 amide bonds. The Balaban J connectivity index is 1.41. The van der Waals surface area contributed by atoms with Gasteiger partial charge in [-0.2, -0.15) is 0 Å². The summed E-state index contributed by atoms with van der Waals surface area (Å²) in [5.74, 6) is -0.713. The van der Waals surface area contributed by atoms with Crippen LogP contribution in [0.15, 0.2) is 42.6 Å². The number of aromatic nitrogens is 2. The molecule has 1 saturated carbocycles. The predicted molar refractivity (Wildman–Crippen MR) is 123 cm³/mol. The van der Waals surface area contributed by atoms with E-state index in [0.29, 0.717) is 41.7 Å². The van der Waals surface area contributed by atoms with Gasteiger partial charge in [0.1, 0.15) is 5.69 Å². The molecule has 2 aliphatic carbocycles. The molecular weight excluding hydrogens is 418 g/mol. The van der Waals surface area contributed by atoms with Gasteiger partial charge in [-0.15, -0.1) is 0 Å². The first kappa shape index (κ1) is 21.5. The lowest BCUT2D eigenvalue weighted by Crippen LogP contribution is -2.35. The number of hydrogen-bond donors (Lipinski definition) is 2. The van der Waals surface area contributed by atoms with Crippen LogP contribution in [-0.2, 0) is 11.2 Å². The average molecular weight is 448 g/mol. The molecule has 2 aromatic heterocycles. The maximum Gasteiger partial charge on any atom is 0.309 e. The monoisotopic (exact) mass is 447 g/mol. The molecule has 7 nitrogen and oxygen atoms in total. The van der Waals surface area contributed by atoms with Crippen LogP contribution in [0.3, 0.4) is 0 Å². The van der Waals surface area contributed by atoms with E-state index in [-0.39, 0.29) is 5.91 Å². The average Bonchev–Trinajstić information content (AvgIpc) is 3.36. The minimum Gasteiger partial charge on any atom is -0.489 e. The van der Waals surface area contributed by atoms with Gasteiger partial charge in [0.15, 0.2) is 11.4 Å². The zero-order chi connectivity index (χ0) is 22.9. The quantitative estimate of drug-likeness (QED) is 0.587. The summed E-state index contributed by atoms with van der Waals surface area (Å²) in [6.45, 7) is 2.45. The molecule has 2 heterocycles. The zero-order valence-corrected chi connectivity index (χ0v) is 18.8. The van der Waals surface area contributed by atoms with Crippen LogP contribution in [0.5, 0.6) is 5.75 Å². The fraction of sp³-hybridized carbons (Fsp3) is 0.423. The second-order valence-corrected chi connectivity index (χ2v) is 9.23. The lowest BCUT2D eigenvalue weighted by Gasteiger charge is -2.21. The van der Waals surface area contributed by atoms with Crippen molar-refractivity contribution in [2.24, 2.45) is 11.8 Å². The lowest BCUT2D eigenvalue weighted by molar-refractivity contribution is -0.142. The number of nitrogens with zero attached hydrogens (tertiary/aromatic N) is 2. The third-order valence-electron chi connectivity index (χ3n) is 7.04. The van der Waals surface area contributed by atoms with Crippen LogP contribution >= 0.6 is 0 Å². The van der Waals surface area contributed by atoms with E-state index in [1.807, 2.05) is 36.4 Å². The summed E-state index contributed by atoms with van der Waals surface area (Å²) in [6.07, 6.45) is 8.41. The second kappa shape index (κ2) is 8.89. The molecular formula is C26H29N3O4. The van der Waals surface area contributed by atoms with Crippen LogP contribution in [-0.4, -0.2) is 33.0 Å². The molecule has 0 spiro atoms. The van der Waals surface area contributed by atoms with Crippen LogP contribution < -0.4 is 10.1 Å². The third-order valence-corrected chi connectivity index (χ3v) is 7.04. The van der Waals surface area contributed by atoms with E-state index in [1.165, 1.54) is 32.1 Å². The molecule has 0 aliphatic heterocycles. The number of ether oxygens (including phenoxy) is 1. The number of hydrogen-bond acceptors (Lipinski definition) is 4. The molecule has 2 atom stereocenters. The standard InChI is InChI=1S/C26H29N3O4/c1-16-23(25(30)28-22-19-11-6-5-10-18(19)14-20(22)26(31)32)29-13-7-12-21(24(29)27-16)33-15-17-8-3-2-4-9-17/h5-7,10-13,17,20,22H,2-4,8-9,14-15H2,1H3,(H,28,30)(H,31,32)/t20-,22-/m1/s1. The van der Waals surface area contributed by atoms with E-state index in [0.717, 1.165) is 11.1 Å². The normalized spacial score (nSPS) is 20.5. The number of pyridine rings is 1. The molecule has 1 aromatic carbocycles. The Morgan fingerprint density at radius 1 is 1.15 bits per heavy atom. The molecule has 3 aromatic rings. The Morgan fingerprint density at radius 2 is 1.94 bits per heavy atom. The second-order valence-electron chi connectivity index (χ2n) is 9.23. The Hall–Kier alpha value is -3.35. The van der Waals surface area contributed by atoms with Crippen molar-refractivity contribution in [2.75, 3.05) is 6.61 Å². The topological polar surface area (TPSA) is 92.9 Å². The maximum atomic E-state index is 13.4. The Kier molecular flexibility index (Phi) is 5.79. The Morgan fingerprint density at radius 3 is 2.73 bits per heavy atom. The van der Waals surface area contributed by atoms with E-state index in [4.69, 9.17) is 4.74 Å². The van der Waals surface area contributed by atoms with E-state index in [9.17, 15) is 14.7 Å². The van der Waals surface area contributed by atoms with E-state index in [1.54, 1.807) is 17.5 Å². The van der Waals surface area contributed by atoms with Gasteiger partial charge in [0.05, 0.1) is 24.3 Å². The van der Waals surface area contributed by atoms with E-state index < -0.39 is 17.9 Å². The molecule has 2 N–H and O–H groups in total. The molecule has 5 rings (SSSR count). The minimum absolute atomic E-state index is 0.336. The molecule has 7 heteroatoms. The number of imidazole rings is 1. The first-order valence-corrected chi connectivity index (χ1v) is 11.7. The fourth-order valence-electron chi connectivity index (χ4n) is 5.32. The summed E-state index contributed by atoms with van der Waals surface area (Å²) >= 11 is 0. The maximum absolute atomic E-state index is 13.4. The third kappa shape index (κ3) is 4.08. The molecule has 1 fully saturated rings. The molecule has 172 valence electrons. The number of benzene rings is 1. The van der Waals surface area contributed by atoms with Crippen molar-refractivity contribution in [2.45, 2.75) is 51.5 Å². The van der Waals surface area contributed by atoms with Gasteiger partial charge in [0.25, 0.3) is 5.91 Å². The number of carbonyl (C=O) groups excluding carboxylic acids is 1. The van der Waals surface area contributed by atoms with Gasteiger partial charge in [0, 0.05) is 6.20 Å². The highest BCUT2D eigenvalue weighted by molar-refractivity contribution is 5.95. The Labute approximate surface area is 192 Å². The summed E-state index contributed by atoms with van der Waals surface area (Å²) in [6, 6.07) is 10.7. The number of aryl methyl sites for hydroxylation is 1. The number of carboxylic acid groups (broad SMARTS) is 1. The van der Waals surface area contributed by atoms with Crippen molar-refractivity contribution < 1.29 is 19.4 Å². The molecule has 0 bridgehead atoms. The van der Waals surface area contributed by atoms with Crippen LogP contribution in [0.4, 0.5) is 0 Å². The SMILES string of the molecule is Cc1nc2c(OCC3CCCCC3)cccn2c1C(=O)N[C@@H]1c2ccccc2C[C@H]1C(=O)O. The molecule has 0 saturated heterocycles. The van der Waals surface area contributed by atoms with E-state index in [2.05, 4.69) is 10.3 Å². The minimum atomic E-state index is -0.912. The van der Waals surface area contributed by atoms with Gasteiger partial charge >= 0.3 is 5.97 Å². The van der Waals surface area contributed by atoms with Crippen LogP contribution in [0.1, 0.15) is 65.5 Å². The number of fused-ring (bicyclic) bond motifs is 2. The summed E-state index contributed by atoms with van der Waals surface area (Å²) < 4.78 is 7.89. The number of carbonyl (C=O) groups is 2. The molecule has 33 heavy (non-hydrogen) atoms. The lowest BCUT2D eigenvalue weighted by atomic mass is 9.90. The number of aliphatic carboxylic acids is 1. The van der Waals surface area contributed by atoms with E-state index >= 15 is 0 Å². The summed E-state index contributed by atoms with van der Waals surface area (Å²) in [4.78, 5) is 29.9. The smallest absolute Gasteiger partial charge is 0.309 e. The highest BCUT2D eigenvalue weighted by Gasteiger charge is 2.38. The molecule has 2 aliphatic rings. The number of rotatable bonds is 6. The van der Waals surface area contributed by atoms with Gasteiger partial charge in [-0.25, -0.2) is 4.98 Å². The van der Waals surface area contributed by atoms with Gasteiger partial charge in [-0.05, 0) is 55.4 Å². The fourth-order valence-corrected chi connectivity index (χ4v) is 5.32. The predicted octanol–water partition coefficient (Wildman–Crippen LogP) is 4.33. The van der Waals surface area contributed by atoms with Gasteiger partial charge < -0.3 is 15.2 Å². The first-order chi connectivity index (χ1) is 16.0. The van der Waals surface area contributed by atoms with Crippen LogP contribution in [0.2, 0.25) is 0 Å².